The first-order chi connectivity index (χ1) is 9.27. The lowest BCUT2D eigenvalue weighted by atomic mass is 9.89. The highest BCUT2D eigenvalue weighted by Gasteiger charge is 2.27. The molecule has 2 nitrogen and oxygen atoms in total. The number of pyridine rings is 1. The monoisotopic (exact) mass is 254 g/mol. The molecule has 1 saturated carbocycles. The molecular weight excluding hydrogens is 232 g/mol. The zero-order valence-corrected chi connectivity index (χ0v) is 11.7. The predicted octanol–water partition coefficient (Wildman–Crippen LogP) is 3.90. The lowest BCUT2D eigenvalue weighted by Gasteiger charge is -2.24. The van der Waals surface area contributed by atoms with Gasteiger partial charge in [0.1, 0.15) is 0 Å². The first kappa shape index (κ1) is 12.6. The van der Waals surface area contributed by atoms with Crippen LogP contribution in [0.15, 0.2) is 36.5 Å². The first-order valence-electron chi connectivity index (χ1n) is 7.30. The van der Waals surface area contributed by atoms with Crippen molar-refractivity contribution in [3.63, 3.8) is 0 Å². The topological polar surface area (TPSA) is 24.9 Å². The van der Waals surface area contributed by atoms with Gasteiger partial charge in [0.25, 0.3) is 0 Å². The molecule has 0 bridgehead atoms. The molecule has 2 aromatic rings. The van der Waals surface area contributed by atoms with E-state index in [1.807, 2.05) is 12.3 Å². The maximum absolute atomic E-state index is 4.41. The molecule has 1 aromatic carbocycles. The molecule has 1 aliphatic rings. The van der Waals surface area contributed by atoms with Gasteiger partial charge in [-0.15, -0.1) is 0 Å². The van der Waals surface area contributed by atoms with Crippen molar-refractivity contribution < 1.29 is 0 Å². The summed E-state index contributed by atoms with van der Waals surface area (Å²) in [5, 5.41) is 4.92. The van der Waals surface area contributed by atoms with E-state index in [1.165, 1.54) is 36.6 Å². The van der Waals surface area contributed by atoms with Crippen LogP contribution in [0.25, 0.3) is 10.9 Å². The van der Waals surface area contributed by atoms with Gasteiger partial charge in [-0.3, -0.25) is 4.98 Å². The zero-order chi connectivity index (χ0) is 13.1. The van der Waals surface area contributed by atoms with E-state index < -0.39 is 0 Å². The highest BCUT2D eigenvalue weighted by molar-refractivity contribution is 5.81. The second kappa shape index (κ2) is 5.30. The Morgan fingerprint density at radius 2 is 1.95 bits per heavy atom. The third-order valence-electron chi connectivity index (χ3n) is 4.42. The molecule has 1 N–H and O–H groups in total. The Bertz CT molecular complexity index is 551. The number of fused-ring (bicyclic) bond motifs is 1. The molecule has 1 heterocycles. The van der Waals surface area contributed by atoms with Crippen molar-refractivity contribution in [1.29, 1.82) is 0 Å². The third-order valence-corrected chi connectivity index (χ3v) is 4.42. The van der Waals surface area contributed by atoms with Crippen LogP contribution < -0.4 is 5.32 Å². The number of aromatic nitrogens is 1. The lowest BCUT2D eigenvalue weighted by molar-refractivity contribution is 0.315. The second-order valence-electron chi connectivity index (χ2n) is 6.11. The Balaban J connectivity index is 1.68. The molecule has 0 atom stereocenters. The molecule has 100 valence electrons. The Labute approximate surface area is 115 Å². The van der Waals surface area contributed by atoms with E-state index in [4.69, 9.17) is 0 Å². The number of benzene rings is 1. The van der Waals surface area contributed by atoms with Crippen molar-refractivity contribution in [3.8, 4) is 0 Å². The molecule has 0 unspecified atom stereocenters. The fourth-order valence-corrected chi connectivity index (χ4v) is 3.21. The van der Waals surface area contributed by atoms with Crippen LogP contribution in [-0.2, 0) is 6.54 Å². The minimum atomic E-state index is 0.517. The van der Waals surface area contributed by atoms with Gasteiger partial charge in [0.05, 0.1) is 5.52 Å². The van der Waals surface area contributed by atoms with E-state index in [0.29, 0.717) is 5.41 Å². The van der Waals surface area contributed by atoms with Crippen molar-refractivity contribution in [1.82, 2.24) is 10.3 Å². The van der Waals surface area contributed by atoms with E-state index in [0.717, 1.165) is 18.6 Å². The van der Waals surface area contributed by atoms with Gasteiger partial charge in [0.2, 0.25) is 0 Å². The van der Waals surface area contributed by atoms with Crippen LogP contribution in [0.5, 0.6) is 0 Å². The van der Waals surface area contributed by atoms with Gasteiger partial charge in [-0.05, 0) is 36.0 Å². The Morgan fingerprint density at radius 1 is 1.16 bits per heavy atom. The maximum atomic E-state index is 4.41. The molecule has 19 heavy (non-hydrogen) atoms. The summed E-state index contributed by atoms with van der Waals surface area (Å²) < 4.78 is 0. The van der Waals surface area contributed by atoms with E-state index in [9.17, 15) is 0 Å². The summed E-state index contributed by atoms with van der Waals surface area (Å²) in [6.45, 7) is 4.49. The van der Waals surface area contributed by atoms with E-state index >= 15 is 0 Å². The molecule has 3 rings (SSSR count). The first-order valence-corrected chi connectivity index (χ1v) is 7.30. The van der Waals surface area contributed by atoms with Crippen LogP contribution in [0, 0.1) is 5.41 Å². The van der Waals surface area contributed by atoms with Gasteiger partial charge in [0, 0.05) is 24.7 Å². The number of nitrogens with zero attached hydrogens (tertiary/aromatic N) is 1. The SMILES string of the molecule is CC1(CNCc2ccnc3ccccc23)CCCC1. The van der Waals surface area contributed by atoms with Gasteiger partial charge in [-0.2, -0.15) is 0 Å². The summed E-state index contributed by atoms with van der Waals surface area (Å²) >= 11 is 0. The smallest absolute Gasteiger partial charge is 0.0705 e. The van der Waals surface area contributed by atoms with Crippen molar-refractivity contribution in [3.05, 3.63) is 42.1 Å². The summed E-state index contributed by atoms with van der Waals surface area (Å²) in [6.07, 6.45) is 7.46. The Kier molecular flexibility index (Phi) is 3.52. The van der Waals surface area contributed by atoms with Gasteiger partial charge < -0.3 is 5.32 Å². The second-order valence-corrected chi connectivity index (χ2v) is 6.11. The summed E-state index contributed by atoms with van der Waals surface area (Å²) in [6, 6.07) is 10.5. The van der Waals surface area contributed by atoms with E-state index in [-0.39, 0.29) is 0 Å². The third kappa shape index (κ3) is 2.79. The minimum absolute atomic E-state index is 0.517. The van der Waals surface area contributed by atoms with Crippen LogP contribution in [0.4, 0.5) is 0 Å². The fourth-order valence-electron chi connectivity index (χ4n) is 3.21. The quantitative estimate of drug-likeness (QED) is 0.895. The zero-order valence-electron chi connectivity index (χ0n) is 11.7. The fraction of sp³-hybridized carbons (Fsp3) is 0.471. The largest absolute Gasteiger partial charge is 0.312 e. The number of para-hydroxylation sites is 1. The molecule has 0 spiro atoms. The molecule has 0 radical (unpaired) electrons. The molecule has 1 aliphatic carbocycles. The van der Waals surface area contributed by atoms with Gasteiger partial charge in [-0.25, -0.2) is 0 Å². The highest BCUT2D eigenvalue weighted by atomic mass is 14.9. The maximum Gasteiger partial charge on any atom is 0.0705 e. The number of nitrogens with one attached hydrogen (secondary N) is 1. The molecular formula is C17H22N2. The van der Waals surface area contributed by atoms with E-state index in [1.54, 1.807) is 0 Å². The van der Waals surface area contributed by atoms with Gasteiger partial charge >= 0.3 is 0 Å². The Morgan fingerprint density at radius 3 is 2.79 bits per heavy atom. The summed E-state index contributed by atoms with van der Waals surface area (Å²) in [5.74, 6) is 0. The molecule has 0 saturated heterocycles. The minimum Gasteiger partial charge on any atom is -0.312 e. The molecule has 1 fully saturated rings. The van der Waals surface area contributed by atoms with Crippen molar-refractivity contribution in [2.24, 2.45) is 5.41 Å². The lowest BCUT2D eigenvalue weighted by Crippen LogP contribution is -2.29. The average molecular weight is 254 g/mol. The molecule has 0 aliphatic heterocycles. The number of hydrogen-bond acceptors (Lipinski definition) is 2. The van der Waals surface area contributed by atoms with Gasteiger partial charge in [-0.1, -0.05) is 38.0 Å². The molecule has 1 aromatic heterocycles. The molecule has 2 heteroatoms. The van der Waals surface area contributed by atoms with Crippen molar-refractivity contribution in [2.75, 3.05) is 6.54 Å². The Hall–Kier alpha value is -1.41. The van der Waals surface area contributed by atoms with Crippen molar-refractivity contribution in [2.45, 2.75) is 39.2 Å². The normalized spacial score (nSPS) is 17.9. The number of hydrogen-bond donors (Lipinski definition) is 1. The summed E-state index contributed by atoms with van der Waals surface area (Å²) in [4.78, 5) is 4.41. The highest BCUT2D eigenvalue weighted by Crippen LogP contribution is 2.36. The van der Waals surface area contributed by atoms with E-state index in [2.05, 4.69) is 41.5 Å². The summed E-state index contributed by atoms with van der Waals surface area (Å²) in [7, 11) is 0. The van der Waals surface area contributed by atoms with Gasteiger partial charge in [0.15, 0.2) is 0 Å². The van der Waals surface area contributed by atoms with Crippen LogP contribution in [0.2, 0.25) is 0 Å². The van der Waals surface area contributed by atoms with Crippen molar-refractivity contribution >= 4 is 10.9 Å². The van der Waals surface area contributed by atoms with Crippen LogP contribution in [0.3, 0.4) is 0 Å². The standard InChI is InChI=1S/C17H22N2/c1-17(9-4-5-10-17)13-18-12-14-8-11-19-16-7-3-2-6-15(14)16/h2-3,6-8,11,18H,4-5,9-10,12-13H2,1H3. The average Bonchev–Trinajstić information content (AvgIpc) is 2.86. The predicted molar refractivity (Wildman–Crippen MR) is 80.0 cm³/mol. The summed E-state index contributed by atoms with van der Waals surface area (Å²) in [5.41, 5.74) is 2.96. The van der Waals surface area contributed by atoms with Crippen LogP contribution in [0.1, 0.15) is 38.2 Å². The van der Waals surface area contributed by atoms with Crippen LogP contribution >= 0.6 is 0 Å². The van der Waals surface area contributed by atoms with Crippen LogP contribution in [-0.4, -0.2) is 11.5 Å². The molecule has 0 amide bonds. The number of rotatable bonds is 4.